The standard InChI is InChI=1S/C39H29BN2/c1-39(2)30-19-10-11-20-32(30)40-33-21-13-23-35(41(26-14-5-3-6-15-26)27-16-7-4-8-17-27)38(33)42-34-22-12-9-18-28(34)29-24-25-31(39)36(40)37(29)42/h3-25H,1-2H3. The van der Waals surface area contributed by atoms with Crippen LogP contribution in [0, 0.1) is 0 Å². The van der Waals surface area contributed by atoms with Crippen molar-refractivity contribution in [2.45, 2.75) is 19.3 Å². The first-order chi connectivity index (χ1) is 20.6. The van der Waals surface area contributed by atoms with Crippen LogP contribution in [0.4, 0.5) is 17.1 Å². The van der Waals surface area contributed by atoms with Gasteiger partial charge in [-0.25, -0.2) is 0 Å². The van der Waals surface area contributed by atoms with E-state index in [1.807, 2.05) is 0 Å². The van der Waals surface area contributed by atoms with E-state index in [0.717, 1.165) is 11.4 Å². The van der Waals surface area contributed by atoms with Crippen molar-refractivity contribution >= 4 is 62.0 Å². The third-order valence-electron chi connectivity index (χ3n) is 9.63. The summed E-state index contributed by atoms with van der Waals surface area (Å²) in [5.41, 5.74) is 14.4. The largest absolute Gasteiger partial charge is 0.308 e. The Bertz CT molecular complexity index is 2140. The van der Waals surface area contributed by atoms with Gasteiger partial charge in [-0.2, -0.15) is 0 Å². The minimum absolute atomic E-state index is 0.0902. The molecule has 2 aliphatic heterocycles. The summed E-state index contributed by atoms with van der Waals surface area (Å²) in [7, 11) is 0. The normalized spacial score (nSPS) is 14.1. The highest BCUT2D eigenvalue weighted by molar-refractivity contribution is 6.99. The lowest BCUT2D eigenvalue weighted by molar-refractivity contribution is 0.646. The molecule has 0 bridgehead atoms. The molecular formula is C39H29BN2. The first-order valence-corrected chi connectivity index (χ1v) is 14.8. The maximum Gasteiger partial charge on any atom is 0.247 e. The molecule has 0 amide bonds. The number of hydrogen-bond donors (Lipinski definition) is 0. The smallest absolute Gasteiger partial charge is 0.247 e. The lowest BCUT2D eigenvalue weighted by Gasteiger charge is -2.42. The fourth-order valence-electron chi connectivity index (χ4n) is 7.88. The van der Waals surface area contributed by atoms with Gasteiger partial charge in [0, 0.05) is 33.1 Å². The SMILES string of the molecule is CC1(C)c2ccccc2B2c3cccc(N(c4ccccc4)c4ccccc4)c3-n3c4ccccc4c4ccc1c2c43. The lowest BCUT2D eigenvalue weighted by atomic mass is 9.30. The van der Waals surface area contributed by atoms with Crippen LogP contribution in [0.2, 0.25) is 0 Å². The molecule has 3 heterocycles. The molecule has 0 atom stereocenters. The van der Waals surface area contributed by atoms with Crippen LogP contribution in [-0.2, 0) is 5.41 Å². The molecule has 0 N–H and O–H groups in total. The van der Waals surface area contributed by atoms with Gasteiger partial charge in [-0.1, -0.05) is 122 Å². The van der Waals surface area contributed by atoms with Gasteiger partial charge in [0.05, 0.1) is 16.9 Å². The van der Waals surface area contributed by atoms with E-state index in [4.69, 9.17) is 0 Å². The van der Waals surface area contributed by atoms with Gasteiger partial charge < -0.3 is 9.47 Å². The number of nitrogens with zero attached hydrogens (tertiary/aromatic N) is 2. The predicted octanol–water partition coefficient (Wildman–Crippen LogP) is 7.72. The quantitative estimate of drug-likeness (QED) is 0.210. The zero-order valence-corrected chi connectivity index (χ0v) is 23.8. The van der Waals surface area contributed by atoms with Gasteiger partial charge in [-0.15, -0.1) is 0 Å². The number of para-hydroxylation sites is 4. The van der Waals surface area contributed by atoms with Gasteiger partial charge in [0.2, 0.25) is 6.71 Å². The van der Waals surface area contributed by atoms with Crippen LogP contribution < -0.4 is 21.3 Å². The topological polar surface area (TPSA) is 8.17 Å². The molecule has 2 aliphatic rings. The third-order valence-corrected chi connectivity index (χ3v) is 9.63. The number of anilines is 3. The molecule has 0 aliphatic carbocycles. The van der Waals surface area contributed by atoms with Crippen LogP contribution in [-0.4, -0.2) is 11.3 Å². The van der Waals surface area contributed by atoms with E-state index in [0.29, 0.717) is 0 Å². The molecule has 0 fully saturated rings. The summed E-state index contributed by atoms with van der Waals surface area (Å²) in [6.45, 7) is 4.95. The maximum atomic E-state index is 2.58. The van der Waals surface area contributed by atoms with Crippen molar-refractivity contribution in [2.24, 2.45) is 0 Å². The summed E-state index contributed by atoms with van der Waals surface area (Å²) >= 11 is 0. The molecule has 198 valence electrons. The summed E-state index contributed by atoms with van der Waals surface area (Å²) < 4.78 is 2.58. The van der Waals surface area contributed by atoms with Gasteiger partial charge in [-0.05, 0) is 58.5 Å². The van der Waals surface area contributed by atoms with Crippen LogP contribution in [0.3, 0.4) is 0 Å². The molecule has 9 rings (SSSR count). The number of rotatable bonds is 3. The predicted molar refractivity (Wildman–Crippen MR) is 179 cm³/mol. The van der Waals surface area contributed by atoms with Crippen molar-refractivity contribution in [3.63, 3.8) is 0 Å². The molecule has 7 aromatic rings. The second kappa shape index (κ2) is 8.50. The molecule has 0 saturated heterocycles. The van der Waals surface area contributed by atoms with Gasteiger partial charge in [0.25, 0.3) is 0 Å². The third kappa shape index (κ3) is 3.00. The first-order valence-electron chi connectivity index (χ1n) is 14.8. The Labute approximate surface area is 246 Å². The Morgan fingerprint density at radius 2 is 1.19 bits per heavy atom. The highest BCUT2D eigenvalue weighted by Gasteiger charge is 2.45. The Morgan fingerprint density at radius 1 is 0.548 bits per heavy atom. The molecule has 0 radical (unpaired) electrons. The van der Waals surface area contributed by atoms with E-state index < -0.39 is 0 Å². The van der Waals surface area contributed by atoms with E-state index in [-0.39, 0.29) is 12.1 Å². The summed E-state index contributed by atoms with van der Waals surface area (Å²) in [5.74, 6) is 0. The monoisotopic (exact) mass is 536 g/mol. The summed E-state index contributed by atoms with van der Waals surface area (Å²) in [5, 5.41) is 2.63. The molecule has 0 saturated carbocycles. The zero-order chi connectivity index (χ0) is 28.0. The maximum absolute atomic E-state index is 2.58. The minimum Gasteiger partial charge on any atom is -0.308 e. The first kappa shape index (κ1) is 23.7. The van der Waals surface area contributed by atoms with E-state index >= 15 is 0 Å². The second-order valence-corrected chi connectivity index (χ2v) is 12.1. The Hall–Kier alpha value is -5.02. The fourth-order valence-corrected chi connectivity index (χ4v) is 7.88. The molecule has 0 spiro atoms. The number of aromatic nitrogens is 1. The minimum atomic E-state index is -0.0902. The molecular weight excluding hydrogens is 507 g/mol. The zero-order valence-electron chi connectivity index (χ0n) is 23.8. The molecule has 6 aromatic carbocycles. The van der Waals surface area contributed by atoms with Gasteiger partial charge in [-0.3, -0.25) is 0 Å². The number of fused-ring (bicyclic) bond motifs is 8. The molecule has 42 heavy (non-hydrogen) atoms. The average molecular weight is 536 g/mol. The highest BCUT2D eigenvalue weighted by Crippen LogP contribution is 2.44. The van der Waals surface area contributed by atoms with Crippen molar-refractivity contribution in [1.82, 2.24) is 4.57 Å². The lowest BCUT2D eigenvalue weighted by Crippen LogP contribution is -2.63. The van der Waals surface area contributed by atoms with E-state index in [9.17, 15) is 0 Å². The van der Waals surface area contributed by atoms with E-state index in [2.05, 4.69) is 163 Å². The summed E-state index contributed by atoms with van der Waals surface area (Å²) in [4.78, 5) is 2.42. The van der Waals surface area contributed by atoms with Crippen molar-refractivity contribution < 1.29 is 0 Å². The average Bonchev–Trinajstić information content (AvgIpc) is 3.38. The second-order valence-electron chi connectivity index (χ2n) is 12.1. The Balaban J connectivity index is 1.48. The number of hydrogen-bond acceptors (Lipinski definition) is 1. The Kier molecular flexibility index (Phi) is 4.79. The molecule has 0 unspecified atom stereocenters. The molecule has 3 heteroatoms. The van der Waals surface area contributed by atoms with Gasteiger partial charge in [0.15, 0.2) is 0 Å². The van der Waals surface area contributed by atoms with Crippen LogP contribution in [0.25, 0.3) is 27.5 Å². The highest BCUT2D eigenvalue weighted by atomic mass is 15.2. The van der Waals surface area contributed by atoms with Gasteiger partial charge >= 0.3 is 0 Å². The van der Waals surface area contributed by atoms with Crippen molar-refractivity contribution in [3.05, 3.63) is 151 Å². The summed E-state index contributed by atoms with van der Waals surface area (Å²) in [6.07, 6.45) is 0. The van der Waals surface area contributed by atoms with Crippen LogP contribution in [0.5, 0.6) is 0 Å². The van der Waals surface area contributed by atoms with E-state index in [1.54, 1.807) is 0 Å². The fraction of sp³-hybridized carbons (Fsp3) is 0.0769. The summed E-state index contributed by atoms with van der Waals surface area (Å²) in [6, 6.07) is 51.3. The van der Waals surface area contributed by atoms with Crippen LogP contribution >= 0.6 is 0 Å². The number of benzene rings is 6. The van der Waals surface area contributed by atoms with Gasteiger partial charge in [0.1, 0.15) is 0 Å². The molecule has 2 nitrogen and oxygen atoms in total. The van der Waals surface area contributed by atoms with Crippen molar-refractivity contribution in [1.29, 1.82) is 0 Å². The van der Waals surface area contributed by atoms with Crippen molar-refractivity contribution in [2.75, 3.05) is 4.90 Å². The van der Waals surface area contributed by atoms with E-state index in [1.165, 1.54) is 60.7 Å². The molecule has 1 aromatic heterocycles. The van der Waals surface area contributed by atoms with Crippen molar-refractivity contribution in [3.8, 4) is 5.69 Å². The Morgan fingerprint density at radius 3 is 1.95 bits per heavy atom. The van der Waals surface area contributed by atoms with Crippen LogP contribution in [0.1, 0.15) is 25.0 Å². The van der Waals surface area contributed by atoms with Crippen LogP contribution in [0.15, 0.2) is 140 Å².